The van der Waals surface area contributed by atoms with Crippen molar-refractivity contribution in [1.29, 1.82) is 0 Å². The molecule has 0 aromatic heterocycles. The molecular formula is C13H28N2O3S. The van der Waals surface area contributed by atoms with Gasteiger partial charge in [0.25, 0.3) is 0 Å². The Morgan fingerprint density at radius 2 is 1.89 bits per heavy atom. The number of nitrogens with one attached hydrogen (secondary N) is 1. The number of nitrogens with zero attached hydrogens (tertiary/aromatic N) is 1. The number of hydrogen-bond acceptors (Lipinski definition) is 4. The third-order valence-electron chi connectivity index (χ3n) is 3.85. The fourth-order valence-electron chi connectivity index (χ4n) is 2.40. The van der Waals surface area contributed by atoms with E-state index in [-0.39, 0.29) is 12.4 Å². The number of piperidine rings is 1. The van der Waals surface area contributed by atoms with E-state index in [2.05, 4.69) is 5.32 Å². The van der Waals surface area contributed by atoms with Crippen molar-refractivity contribution in [2.24, 2.45) is 5.92 Å². The SMILES string of the molecule is CN(CCCCCO)S(=O)(=O)CCC1CCNCC1. The molecule has 0 saturated carbocycles. The van der Waals surface area contributed by atoms with Crippen LogP contribution in [0.4, 0.5) is 0 Å². The minimum Gasteiger partial charge on any atom is -0.396 e. The standard InChI is InChI=1S/C13H28N2O3S/c1-15(10-3-2-4-11-16)19(17,18)12-7-13-5-8-14-9-6-13/h13-14,16H,2-12H2,1H3. The van der Waals surface area contributed by atoms with E-state index in [1.807, 2.05) is 0 Å². The molecule has 0 bridgehead atoms. The molecule has 1 fully saturated rings. The van der Waals surface area contributed by atoms with E-state index in [0.29, 0.717) is 12.5 Å². The van der Waals surface area contributed by atoms with Crippen LogP contribution in [0, 0.1) is 5.92 Å². The third kappa shape index (κ3) is 6.70. The van der Waals surface area contributed by atoms with E-state index in [9.17, 15) is 8.42 Å². The normalized spacial score (nSPS) is 18.1. The van der Waals surface area contributed by atoms with E-state index in [1.54, 1.807) is 7.05 Å². The molecule has 1 rings (SSSR count). The fraction of sp³-hybridized carbons (Fsp3) is 1.00. The summed E-state index contributed by atoms with van der Waals surface area (Å²) in [5.41, 5.74) is 0. The Balaban J connectivity index is 2.24. The van der Waals surface area contributed by atoms with Gasteiger partial charge in [-0.25, -0.2) is 12.7 Å². The number of sulfonamides is 1. The molecule has 0 unspecified atom stereocenters. The van der Waals surface area contributed by atoms with Crippen molar-refractivity contribution in [3.8, 4) is 0 Å². The van der Waals surface area contributed by atoms with Gasteiger partial charge in [0.05, 0.1) is 5.75 Å². The second-order valence-corrected chi connectivity index (χ2v) is 7.60. The van der Waals surface area contributed by atoms with E-state index in [0.717, 1.165) is 51.6 Å². The molecule has 19 heavy (non-hydrogen) atoms. The maximum atomic E-state index is 12.1. The number of unbranched alkanes of at least 4 members (excludes halogenated alkanes) is 2. The van der Waals surface area contributed by atoms with Gasteiger partial charge < -0.3 is 10.4 Å². The number of rotatable bonds is 9. The van der Waals surface area contributed by atoms with Crippen LogP contribution >= 0.6 is 0 Å². The smallest absolute Gasteiger partial charge is 0.213 e. The molecule has 0 aromatic carbocycles. The van der Waals surface area contributed by atoms with Crippen LogP contribution in [0.2, 0.25) is 0 Å². The Hall–Kier alpha value is -0.170. The highest BCUT2D eigenvalue weighted by atomic mass is 32.2. The van der Waals surface area contributed by atoms with Crippen LogP contribution in [0.25, 0.3) is 0 Å². The summed E-state index contributed by atoms with van der Waals surface area (Å²) in [5, 5.41) is 12.0. The first-order chi connectivity index (χ1) is 9.06. The van der Waals surface area contributed by atoms with Gasteiger partial charge in [0, 0.05) is 20.2 Å². The van der Waals surface area contributed by atoms with E-state index >= 15 is 0 Å². The highest BCUT2D eigenvalue weighted by Gasteiger charge is 2.21. The van der Waals surface area contributed by atoms with Gasteiger partial charge in [-0.05, 0) is 57.5 Å². The van der Waals surface area contributed by atoms with Crippen molar-refractivity contribution in [1.82, 2.24) is 9.62 Å². The summed E-state index contributed by atoms with van der Waals surface area (Å²) >= 11 is 0. The van der Waals surface area contributed by atoms with Crippen molar-refractivity contribution in [3.05, 3.63) is 0 Å². The monoisotopic (exact) mass is 292 g/mol. The van der Waals surface area contributed by atoms with E-state index in [1.165, 1.54) is 4.31 Å². The maximum absolute atomic E-state index is 12.1. The van der Waals surface area contributed by atoms with Gasteiger partial charge in [0.2, 0.25) is 10.0 Å². The van der Waals surface area contributed by atoms with Crippen LogP contribution in [0.5, 0.6) is 0 Å². The summed E-state index contributed by atoms with van der Waals surface area (Å²) in [4.78, 5) is 0. The molecule has 114 valence electrons. The predicted molar refractivity (Wildman–Crippen MR) is 77.6 cm³/mol. The first-order valence-electron chi connectivity index (χ1n) is 7.32. The average molecular weight is 292 g/mol. The molecule has 6 heteroatoms. The van der Waals surface area contributed by atoms with Gasteiger partial charge in [-0.1, -0.05) is 0 Å². The highest BCUT2D eigenvalue weighted by Crippen LogP contribution is 2.17. The summed E-state index contributed by atoms with van der Waals surface area (Å²) in [7, 11) is -1.43. The summed E-state index contributed by atoms with van der Waals surface area (Å²) < 4.78 is 25.7. The molecule has 2 N–H and O–H groups in total. The lowest BCUT2D eigenvalue weighted by atomic mass is 9.96. The van der Waals surface area contributed by atoms with Crippen molar-refractivity contribution < 1.29 is 13.5 Å². The molecule has 1 heterocycles. The largest absolute Gasteiger partial charge is 0.396 e. The third-order valence-corrected chi connectivity index (χ3v) is 5.73. The van der Waals surface area contributed by atoms with Gasteiger partial charge >= 0.3 is 0 Å². The molecule has 1 aliphatic rings. The van der Waals surface area contributed by atoms with Crippen LogP contribution in [0.15, 0.2) is 0 Å². The quantitative estimate of drug-likeness (QED) is 0.617. The number of hydrogen-bond donors (Lipinski definition) is 2. The van der Waals surface area contributed by atoms with Crippen molar-refractivity contribution >= 4 is 10.0 Å². The Morgan fingerprint density at radius 3 is 2.53 bits per heavy atom. The predicted octanol–water partition coefficient (Wildman–Crippen LogP) is 0.800. The number of aliphatic hydroxyl groups is 1. The lowest BCUT2D eigenvalue weighted by molar-refractivity contribution is 0.281. The molecule has 0 spiro atoms. The van der Waals surface area contributed by atoms with Gasteiger partial charge in [0.15, 0.2) is 0 Å². The second kappa shape index (κ2) is 8.89. The molecule has 0 atom stereocenters. The number of aliphatic hydroxyl groups excluding tert-OH is 1. The zero-order valence-corrected chi connectivity index (χ0v) is 12.8. The zero-order valence-electron chi connectivity index (χ0n) is 12.0. The summed E-state index contributed by atoms with van der Waals surface area (Å²) in [6.45, 7) is 2.78. The maximum Gasteiger partial charge on any atom is 0.213 e. The van der Waals surface area contributed by atoms with Gasteiger partial charge in [-0.3, -0.25) is 0 Å². The fourth-order valence-corrected chi connectivity index (χ4v) is 3.75. The Kier molecular flexibility index (Phi) is 7.90. The Morgan fingerprint density at radius 1 is 1.21 bits per heavy atom. The first-order valence-corrected chi connectivity index (χ1v) is 8.93. The van der Waals surface area contributed by atoms with Crippen molar-refractivity contribution in [2.45, 2.75) is 38.5 Å². The first kappa shape index (κ1) is 16.9. The highest BCUT2D eigenvalue weighted by molar-refractivity contribution is 7.89. The average Bonchev–Trinajstić information content (AvgIpc) is 2.42. The van der Waals surface area contributed by atoms with Gasteiger partial charge in [-0.15, -0.1) is 0 Å². The Labute approximate surface area is 117 Å². The summed E-state index contributed by atoms with van der Waals surface area (Å²) in [6, 6.07) is 0. The molecule has 0 aromatic rings. The molecule has 0 radical (unpaired) electrons. The molecule has 5 nitrogen and oxygen atoms in total. The van der Waals surface area contributed by atoms with E-state index < -0.39 is 10.0 Å². The van der Waals surface area contributed by atoms with Crippen molar-refractivity contribution in [2.75, 3.05) is 39.0 Å². The van der Waals surface area contributed by atoms with Crippen molar-refractivity contribution in [3.63, 3.8) is 0 Å². The topological polar surface area (TPSA) is 69.6 Å². The molecule has 0 amide bonds. The lowest BCUT2D eigenvalue weighted by Gasteiger charge is -2.24. The summed E-state index contributed by atoms with van der Waals surface area (Å²) in [5.74, 6) is 0.826. The van der Waals surface area contributed by atoms with Crippen LogP contribution in [0.3, 0.4) is 0 Å². The van der Waals surface area contributed by atoms with Crippen LogP contribution in [-0.2, 0) is 10.0 Å². The Bertz CT molecular complexity index is 327. The van der Waals surface area contributed by atoms with Gasteiger partial charge in [0.1, 0.15) is 0 Å². The van der Waals surface area contributed by atoms with Crippen LogP contribution in [-0.4, -0.2) is 56.9 Å². The molecule has 1 saturated heterocycles. The second-order valence-electron chi connectivity index (χ2n) is 5.40. The minimum atomic E-state index is -3.10. The zero-order chi connectivity index (χ0) is 14.1. The van der Waals surface area contributed by atoms with Gasteiger partial charge in [-0.2, -0.15) is 0 Å². The lowest BCUT2D eigenvalue weighted by Crippen LogP contribution is -2.33. The summed E-state index contributed by atoms with van der Waals surface area (Å²) in [6.07, 6.45) is 5.42. The van der Waals surface area contributed by atoms with E-state index in [4.69, 9.17) is 5.11 Å². The van der Waals surface area contributed by atoms with Crippen LogP contribution in [0.1, 0.15) is 38.5 Å². The molecule has 1 aliphatic heterocycles. The molecular weight excluding hydrogens is 264 g/mol. The van der Waals surface area contributed by atoms with Crippen LogP contribution < -0.4 is 5.32 Å². The minimum absolute atomic E-state index is 0.187. The molecule has 0 aliphatic carbocycles.